The van der Waals surface area contributed by atoms with E-state index in [0.717, 1.165) is 39.8 Å². The molecule has 2 atom stereocenters. The van der Waals surface area contributed by atoms with Gasteiger partial charge in [-0.1, -0.05) is 42.5 Å². The molecule has 1 saturated heterocycles. The Bertz CT molecular complexity index is 1170. The Labute approximate surface area is 179 Å². The lowest BCUT2D eigenvalue weighted by Gasteiger charge is -2.33. The molecule has 0 radical (unpaired) electrons. The zero-order valence-electron chi connectivity index (χ0n) is 17.2. The molecule has 31 heavy (non-hydrogen) atoms. The van der Waals surface area contributed by atoms with Crippen LogP contribution >= 0.6 is 0 Å². The average molecular weight is 417 g/mol. The van der Waals surface area contributed by atoms with Gasteiger partial charge in [0, 0.05) is 5.39 Å². The molecule has 4 amide bonds. The molecular formula is C24H23N3O4. The highest BCUT2D eigenvalue weighted by Gasteiger charge is 2.54. The van der Waals surface area contributed by atoms with Crippen LogP contribution in [-0.2, 0) is 21.5 Å². The van der Waals surface area contributed by atoms with Crippen molar-refractivity contribution >= 4 is 28.8 Å². The Morgan fingerprint density at radius 3 is 2.81 bits per heavy atom. The number of amides is 4. The molecule has 2 N–H and O–H groups in total. The van der Waals surface area contributed by atoms with Crippen molar-refractivity contribution in [2.45, 2.75) is 37.8 Å². The molecule has 158 valence electrons. The van der Waals surface area contributed by atoms with E-state index in [0.29, 0.717) is 12.2 Å². The molecule has 0 saturated carbocycles. The van der Waals surface area contributed by atoms with E-state index >= 15 is 0 Å². The van der Waals surface area contributed by atoms with Gasteiger partial charge < -0.3 is 15.1 Å². The number of carbonyl (C=O) groups is 3. The number of rotatable bonds is 4. The third-order valence-corrected chi connectivity index (χ3v) is 6.20. The summed E-state index contributed by atoms with van der Waals surface area (Å²) in [7, 11) is 0. The zero-order chi connectivity index (χ0) is 21.6. The van der Waals surface area contributed by atoms with Crippen molar-refractivity contribution in [1.82, 2.24) is 15.5 Å². The first kappa shape index (κ1) is 19.4. The van der Waals surface area contributed by atoms with Gasteiger partial charge in [-0.3, -0.25) is 14.5 Å². The molecule has 5 rings (SSSR count). The van der Waals surface area contributed by atoms with E-state index < -0.39 is 23.5 Å². The molecule has 0 unspecified atom stereocenters. The van der Waals surface area contributed by atoms with Crippen LogP contribution in [0.5, 0.6) is 0 Å². The monoisotopic (exact) mass is 417 g/mol. The van der Waals surface area contributed by atoms with Crippen molar-refractivity contribution in [1.29, 1.82) is 0 Å². The van der Waals surface area contributed by atoms with Gasteiger partial charge in [-0.25, -0.2) is 4.79 Å². The summed E-state index contributed by atoms with van der Waals surface area (Å²) in [5, 5.41) is 6.65. The van der Waals surface area contributed by atoms with Crippen LogP contribution in [0.15, 0.2) is 59.0 Å². The lowest BCUT2D eigenvalue weighted by Crippen LogP contribution is -2.47. The minimum Gasteiger partial charge on any atom is -0.459 e. The fourth-order valence-electron chi connectivity index (χ4n) is 4.67. The van der Waals surface area contributed by atoms with Crippen LogP contribution in [-0.4, -0.2) is 29.3 Å². The second-order valence-electron chi connectivity index (χ2n) is 8.21. The molecular weight excluding hydrogens is 394 g/mol. The molecule has 1 fully saturated rings. The maximum Gasteiger partial charge on any atom is 0.325 e. The van der Waals surface area contributed by atoms with Gasteiger partial charge >= 0.3 is 6.03 Å². The van der Waals surface area contributed by atoms with E-state index in [4.69, 9.17) is 4.42 Å². The standard InChI is InChI=1S/C24H23N3O4/c1-15(20-13-17-8-3-5-11-19(17)31-20)25-21(28)14-27-22(29)24(26-23(27)30)12-6-9-16-7-2-4-10-18(16)24/h2-5,7-8,10-11,13,15H,6,9,12,14H2,1H3,(H,25,28)(H,26,30)/t15-,24+/m1/s1. The van der Waals surface area contributed by atoms with Crippen LogP contribution in [0.4, 0.5) is 4.79 Å². The molecule has 2 heterocycles. The van der Waals surface area contributed by atoms with Crippen molar-refractivity contribution < 1.29 is 18.8 Å². The number of benzene rings is 2. The minimum absolute atomic E-state index is 0.334. The van der Waals surface area contributed by atoms with E-state index in [2.05, 4.69) is 10.6 Å². The number of para-hydroxylation sites is 1. The zero-order valence-corrected chi connectivity index (χ0v) is 17.2. The second-order valence-corrected chi connectivity index (χ2v) is 8.21. The largest absolute Gasteiger partial charge is 0.459 e. The van der Waals surface area contributed by atoms with Crippen molar-refractivity contribution in [2.75, 3.05) is 6.54 Å². The lowest BCUT2D eigenvalue weighted by molar-refractivity contribution is -0.135. The number of nitrogens with zero attached hydrogens (tertiary/aromatic N) is 1. The molecule has 1 aliphatic heterocycles. The maximum atomic E-state index is 13.3. The van der Waals surface area contributed by atoms with Crippen LogP contribution in [0, 0.1) is 0 Å². The molecule has 7 nitrogen and oxygen atoms in total. The second kappa shape index (κ2) is 7.27. The molecule has 1 aromatic heterocycles. The summed E-state index contributed by atoms with van der Waals surface area (Å²) in [6, 6.07) is 16.2. The number of furan rings is 1. The minimum atomic E-state index is -1.07. The topological polar surface area (TPSA) is 91.7 Å². The van der Waals surface area contributed by atoms with Gasteiger partial charge in [-0.2, -0.15) is 0 Å². The highest BCUT2D eigenvalue weighted by Crippen LogP contribution is 2.39. The Morgan fingerprint density at radius 2 is 1.97 bits per heavy atom. The van der Waals surface area contributed by atoms with E-state index in [1.54, 1.807) is 6.92 Å². The van der Waals surface area contributed by atoms with E-state index in [1.165, 1.54) is 0 Å². The first-order chi connectivity index (χ1) is 15.0. The predicted molar refractivity (Wildman–Crippen MR) is 114 cm³/mol. The summed E-state index contributed by atoms with van der Waals surface area (Å²) in [5.74, 6) is -0.168. The summed E-state index contributed by atoms with van der Waals surface area (Å²) >= 11 is 0. The Hall–Kier alpha value is -3.61. The SMILES string of the molecule is C[C@@H](NC(=O)CN1C(=O)N[C@]2(CCCc3ccccc32)C1=O)c1cc2ccccc2o1. The third-order valence-electron chi connectivity index (χ3n) is 6.20. The van der Waals surface area contributed by atoms with Gasteiger partial charge in [0.25, 0.3) is 5.91 Å². The predicted octanol–water partition coefficient (Wildman–Crippen LogP) is 3.39. The molecule has 1 aliphatic carbocycles. The van der Waals surface area contributed by atoms with Crippen molar-refractivity contribution in [3.8, 4) is 0 Å². The van der Waals surface area contributed by atoms with Crippen LogP contribution in [0.2, 0.25) is 0 Å². The normalized spacial score (nSPS) is 21.3. The van der Waals surface area contributed by atoms with Crippen molar-refractivity contribution in [3.05, 3.63) is 71.5 Å². The number of carbonyl (C=O) groups excluding carboxylic acids is 3. The van der Waals surface area contributed by atoms with Crippen LogP contribution in [0.1, 0.15) is 42.7 Å². The summed E-state index contributed by atoms with van der Waals surface area (Å²) in [5.41, 5.74) is 1.56. The van der Waals surface area contributed by atoms with E-state index in [-0.39, 0.29) is 12.5 Å². The fraction of sp³-hybridized carbons (Fsp3) is 0.292. The lowest BCUT2D eigenvalue weighted by atomic mass is 9.76. The molecule has 2 aromatic carbocycles. The summed E-state index contributed by atoms with van der Waals surface area (Å²) < 4.78 is 5.80. The van der Waals surface area contributed by atoms with Crippen LogP contribution in [0.25, 0.3) is 11.0 Å². The maximum absolute atomic E-state index is 13.3. The Morgan fingerprint density at radius 1 is 1.19 bits per heavy atom. The smallest absolute Gasteiger partial charge is 0.325 e. The van der Waals surface area contributed by atoms with Gasteiger partial charge in [0.15, 0.2) is 0 Å². The summed E-state index contributed by atoms with van der Waals surface area (Å²) in [6.07, 6.45) is 2.20. The molecule has 7 heteroatoms. The van der Waals surface area contributed by atoms with Gasteiger partial charge in [0.05, 0.1) is 6.04 Å². The number of hydrogen-bond acceptors (Lipinski definition) is 4. The van der Waals surface area contributed by atoms with Gasteiger partial charge in [-0.15, -0.1) is 0 Å². The molecule has 3 aromatic rings. The highest BCUT2D eigenvalue weighted by molar-refractivity contribution is 6.09. The van der Waals surface area contributed by atoms with Gasteiger partial charge in [0.1, 0.15) is 23.4 Å². The number of nitrogens with one attached hydrogen (secondary N) is 2. The van der Waals surface area contributed by atoms with Crippen molar-refractivity contribution in [2.24, 2.45) is 0 Å². The summed E-state index contributed by atoms with van der Waals surface area (Å²) in [6.45, 7) is 1.47. The Kier molecular flexibility index (Phi) is 4.54. The van der Waals surface area contributed by atoms with E-state index in [9.17, 15) is 14.4 Å². The summed E-state index contributed by atoms with van der Waals surface area (Å²) in [4.78, 5) is 39.7. The first-order valence-corrected chi connectivity index (χ1v) is 10.5. The molecule has 2 aliphatic rings. The van der Waals surface area contributed by atoms with Gasteiger partial charge in [-0.05, 0) is 49.4 Å². The molecule has 0 bridgehead atoms. The van der Waals surface area contributed by atoms with Crippen LogP contribution < -0.4 is 10.6 Å². The highest BCUT2D eigenvalue weighted by atomic mass is 16.3. The quantitative estimate of drug-likeness (QED) is 0.637. The number of fused-ring (bicyclic) bond motifs is 3. The number of aryl methyl sites for hydroxylation is 1. The van der Waals surface area contributed by atoms with Gasteiger partial charge in [0.2, 0.25) is 5.91 Å². The molecule has 1 spiro atoms. The number of urea groups is 1. The van der Waals surface area contributed by atoms with Crippen LogP contribution in [0.3, 0.4) is 0 Å². The third kappa shape index (κ3) is 3.17. The number of imide groups is 1. The Balaban J connectivity index is 1.32. The average Bonchev–Trinajstić information content (AvgIpc) is 3.30. The number of hydrogen-bond donors (Lipinski definition) is 2. The fourth-order valence-corrected chi connectivity index (χ4v) is 4.67. The van der Waals surface area contributed by atoms with E-state index in [1.807, 2.05) is 54.6 Å². The van der Waals surface area contributed by atoms with Crippen molar-refractivity contribution in [3.63, 3.8) is 0 Å². The first-order valence-electron chi connectivity index (χ1n) is 10.5.